The number of amides is 1. The first kappa shape index (κ1) is 23.0. The summed E-state index contributed by atoms with van der Waals surface area (Å²) >= 11 is 0. The summed E-state index contributed by atoms with van der Waals surface area (Å²) in [5, 5.41) is 12.6. The monoisotopic (exact) mass is 448 g/mol. The van der Waals surface area contributed by atoms with E-state index in [4.69, 9.17) is 4.74 Å². The maximum atomic E-state index is 13.0. The molecule has 1 saturated heterocycles. The molecule has 5 nitrogen and oxygen atoms in total. The number of likely N-dealkylation sites (tertiary alicyclic amines) is 1. The van der Waals surface area contributed by atoms with Crippen LogP contribution in [0, 0.1) is 5.82 Å². The van der Waals surface area contributed by atoms with E-state index in [0.29, 0.717) is 24.5 Å². The molecule has 33 heavy (non-hydrogen) atoms. The lowest BCUT2D eigenvalue weighted by atomic mass is 10.1. The van der Waals surface area contributed by atoms with Crippen LogP contribution in [0.5, 0.6) is 5.75 Å². The van der Waals surface area contributed by atoms with Crippen molar-refractivity contribution in [2.75, 3.05) is 13.1 Å². The third-order valence-corrected chi connectivity index (χ3v) is 5.85. The van der Waals surface area contributed by atoms with Gasteiger partial charge in [-0.15, -0.1) is 0 Å². The van der Waals surface area contributed by atoms with E-state index in [2.05, 4.69) is 22.3 Å². The fourth-order valence-electron chi connectivity index (χ4n) is 3.86. The molecule has 3 aromatic carbocycles. The highest BCUT2D eigenvalue weighted by Crippen LogP contribution is 2.17. The van der Waals surface area contributed by atoms with Crippen molar-refractivity contribution >= 4 is 5.91 Å². The molecule has 2 N–H and O–H groups in total. The van der Waals surface area contributed by atoms with Crippen LogP contribution in [-0.4, -0.2) is 35.1 Å². The van der Waals surface area contributed by atoms with Crippen molar-refractivity contribution in [2.24, 2.45) is 0 Å². The van der Waals surface area contributed by atoms with Crippen molar-refractivity contribution in [2.45, 2.75) is 38.6 Å². The molecule has 0 aliphatic carbocycles. The number of nitrogens with zero attached hydrogens (tertiary/aromatic N) is 1. The molecule has 6 heteroatoms. The smallest absolute Gasteiger partial charge is 0.251 e. The summed E-state index contributed by atoms with van der Waals surface area (Å²) in [7, 11) is 0. The first-order valence-corrected chi connectivity index (χ1v) is 11.3. The Morgan fingerprint density at radius 2 is 1.64 bits per heavy atom. The average Bonchev–Trinajstić information content (AvgIpc) is 2.85. The van der Waals surface area contributed by atoms with E-state index in [1.54, 1.807) is 36.4 Å². The van der Waals surface area contributed by atoms with Gasteiger partial charge in [0.1, 0.15) is 18.2 Å². The van der Waals surface area contributed by atoms with Crippen LogP contribution in [0.4, 0.5) is 4.39 Å². The Kier molecular flexibility index (Phi) is 7.70. The minimum Gasteiger partial charge on any atom is -0.489 e. The van der Waals surface area contributed by atoms with Gasteiger partial charge >= 0.3 is 0 Å². The summed E-state index contributed by atoms with van der Waals surface area (Å²) in [4.78, 5) is 15.0. The number of rotatable bonds is 8. The Labute approximate surface area is 193 Å². The first-order chi connectivity index (χ1) is 16.0. The van der Waals surface area contributed by atoms with Gasteiger partial charge in [-0.25, -0.2) is 4.39 Å². The molecule has 1 fully saturated rings. The van der Waals surface area contributed by atoms with E-state index in [9.17, 15) is 14.3 Å². The number of aliphatic hydroxyl groups excluding tert-OH is 1. The summed E-state index contributed by atoms with van der Waals surface area (Å²) in [5.74, 6) is 0.134. The van der Waals surface area contributed by atoms with Crippen LogP contribution in [0.15, 0.2) is 72.8 Å². The highest BCUT2D eigenvalue weighted by Gasteiger charge is 2.16. The van der Waals surface area contributed by atoms with Gasteiger partial charge in [0.15, 0.2) is 0 Å². The maximum Gasteiger partial charge on any atom is 0.251 e. The number of aliphatic hydroxyl groups is 1. The summed E-state index contributed by atoms with van der Waals surface area (Å²) in [6.45, 7) is 3.47. The topological polar surface area (TPSA) is 61.8 Å². The SMILES string of the molecule is O=C(NCc1ccc(CN2CCC(O)CC2)cc1)c1cccc(OCc2ccc(F)cc2)c1. The number of hydrogen-bond donors (Lipinski definition) is 2. The van der Waals surface area contributed by atoms with Crippen LogP contribution in [0.25, 0.3) is 0 Å². The second-order valence-electron chi connectivity index (χ2n) is 8.45. The van der Waals surface area contributed by atoms with Crippen molar-refractivity contribution in [1.29, 1.82) is 0 Å². The van der Waals surface area contributed by atoms with Gasteiger partial charge in [-0.05, 0) is 59.9 Å². The number of carbonyl (C=O) groups is 1. The molecule has 0 radical (unpaired) electrons. The summed E-state index contributed by atoms with van der Waals surface area (Å²) in [6, 6.07) is 21.4. The molecule has 172 valence electrons. The van der Waals surface area contributed by atoms with E-state index in [1.165, 1.54) is 17.7 Å². The first-order valence-electron chi connectivity index (χ1n) is 11.3. The third-order valence-electron chi connectivity index (χ3n) is 5.85. The van der Waals surface area contributed by atoms with Crippen LogP contribution in [0.1, 0.15) is 39.9 Å². The van der Waals surface area contributed by atoms with Crippen molar-refractivity contribution in [1.82, 2.24) is 10.2 Å². The quantitative estimate of drug-likeness (QED) is 0.540. The van der Waals surface area contributed by atoms with Crippen molar-refractivity contribution in [3.05, 3.63) is 101 Å². The minimum atomic E-state index is -0.283. The van der Waals surface area contributed by atoms with Gasteiger partial charge in [-0.3, -0.25) is 9.69 Å². The normalized spacial score (nSPS) is 14.7. The van der Waals surface area contributed by atoms with E-state index in [1.807, 2.05) is 12.1 Å². The molecule has 0 bridgehead atoms. The lowest BCUT2D eigenvalue weighted by Gasteiger charge is -2.29. The van der Waals surface area contributed by atoms with E-state index in [0.717, 1.165) is 43.6 Å². The summed E-state index contributed by atoms with van der Waals surface area (Å²) in [6.07, 6.45) is 1.51. The Morgan fingerprint density at radius 1 is 0.970 bits per heavy atom. The molecule has 0 aromatic heterocycles. The molecule has 3 aromatic rings. The van der Waals surface area contributed by atoms with Crippen LogP contribution < -0.4 is 10.1 Å². The molecule has 0 saturated carbocycles. The zero-order chi connectivity index (χ0) is 23.0. The zero-order valence-corrected chi connectivity index (χ0v) is 18.5. The fraction of sp³-hybridized carbons (Fsp3) is 0.296. The molecule has 1 amide bonds. The molecular formula is C27H29FN2O3. The number of benzene rings is 3. The Bertz CT molecular complexity index is 1050. The van der Waals surface area contributed by atoms with Gasteiger partial charge in [-0.1, -0.05) is 42.5 Å². The van der Waals surface area contributed by atoms with Crippen LogP contribution in [0.3, 0.4) is 0 Å². The number of ether oxygens (including phenoxy) is 1. The minimum absolute atomic E-state index is 0.158. The number of piperidine rings is 1. The molecule has 0 atom stereocenters. The Morgan fingerprint density at radius 3 is 2.36 bits per heavy atom. The highest BCUT2D eigenvalue weighted by atomic mass is 19.1. The molecule has 0 spiro atoms. The second-order valence-corrected chi connectivity index (χ2v) is 8.45. The van der Waals surface area contributed by atoms with Crippen molar-refractivity contribution in [3.63, 3.8) is 0 Å². The molecule has 4 rings (SSSR count). The lowest BCUT2D eigenvalue weighted by Crippen LogP contribution is -2.35. The van der Waals surface area contributed by atoms with Crippen LogP contribution in [-0.2, 0) is 19.7 Å². The predicted octanol–water partition coefficient (Wildman–Crippen LogP) is 4.29. The van der Waals surface area contributed by atoms with Gasteiger partial charge in [0.25, 0.3) is 5.91 Å². The van der Waals surface area contributed by atoms with Gasteiger partial charge in [0.2, 0.25) is 0 Å². The molecule has 1 aliphatic rings. The second kappa shape index (κ2) is 11.1. The Hall–Kier alpha value is -3.22. The van der Waals surface area contributed by atoms with Crippen molar-refractivity contribution < 1.29 is 19.0 Å². The van der Waals surface area contributed by atoms with Gasteiger partial charge in [-0.2, -0.15) is 0 Å². The number of carbonyl (C=O) groups excluding carboxylic acids is 1. The van der Waals surface area contributed by atoms with Crippen LogP contribution >= 0.6 is 0 Å². The maximum absolute atomic E-state index is 13.0. The predicted molar refractivity (Wildman–Crippen MR) is 125 cm³/mol. The molecule has 0 unspecified atom stereocenters. The van der Waals surface area contributed by atoms with Gasteiger partial charge in [0.05, 0.1) is 6.10 Å². The van der Waals surface area contributed by atoms with Crippen LogP contribution in [0.2, 0.25) is 0 Å². The standard InChI is InChI=1S/C27H29FN2O3/c28-24-10-8-22(9-11-24)19-33-26-3-1-2-23(16-26)27(32)29-17-20-4-6-21(7-5-20)18-30-14-12-25(31)13-15-30/h1-11,16,25,31H,12-15,17-19H2,(H,29,32). The van der Waals surface area contributed by atoms with E-state index in [-0.39, 0.29) is 17.8 Å². The zero-order valence-electron chi connectivity index (χ0n) is 18.5. The van der Waals surface area contributed by atoms with Crippen molar-refractivity contribution in [3.8, 4) is 5.75 Å². The largest absolute Gasteiger partial charge is 0.489 e. The summed E-state index contributed by atoms with van der Waals surface area (Å²) < 4.78 is 18.8. The number of nitrogens with one attached hydrogen (secondary N) is 1. The Balaban J connectivity index is 1.26. The highest BCUT2D eigenvalue weighted by molar-refractivity contribution is 5.94. The van der Waals surface area contributed by atoms with Gasteiger partial charge < -0.3 is 15.2 Å². The lowest BCUT2D eigenvalue weighted by molar-refractivity contribution is 0.0792. The molecular weight excluding hydrogens is 419 g/mol. The van der Waals surface area contributed by atoms with Gasteiger partial charge in [0, 0.05) is 31.7 Å². The van der Waals surface area contributed by atoms with E-state index >= 15 is 0 Å². The molecule has 1 aliphatic heterocycles. The molecule has 1 heterocycles. The van der Waals surface area contributed by atoms with E-state index < -0.39 is 0 Å². The number of hydrogen-bond acceptors (Lipinski definition) is 4. The average molecular weight is 449 g/mol. The number of halogens is 1. The summed E-state index contributed by atoms with van der Waals surface area (Å²) in [5.41, 5.74) is 3.64. The fourth-order valence-corrected chi connectivity index (χ4v) is 3.86. The third kappa shape index (κ3) is 6.88.